The Kier molecular flexibility index (Phi) is 2.67. The Morgan fingerprint density at radius 2 is 2.25 bits per heavy atom. The monoisotopic (exact) mass is 222 g/mol. The standard InChI is InChI=1S/C11H18N4O/c12-8-5-10-9(7-13-14-10)11(6-8)15-1-3-16-4-2-15/h7-8,11H,1-6,12H2,(H,13,14). The molecule has 16 heavy (non-hydrogen) atoms. The number of morpholine rings is 1. The van der Waals surface area contributed by atoms with Gasteiger partial charge in [-0.05, 0) is 6.42 Å². The molecule has 1 aromatic rings. The fourth-order valence-corrected chi connectivity index (χ4v) is 2.77. The third-order valence-electron chi connectivity index (χ3n) is 3.59. The highest BCUT2D eigenvalue weighted by Gasteiger charge is 2.31. The number of ether oxygens (including phenoxy) is 1. The van der Waals surface area contributed by atoms with Gasteiger partial charge < -0.3 is 10.5 Å². The molecule has 2 atom stereocenters. The quantitative estimate of drug-likeness (QED) is 0.705. The van der Waals surface area contributed by atoms with Crippen molar-refractivity contribution in [3.05, 3.63) is 17.5 Å². The zero-order chi connectivity index (χ0) is 11.0. The summed E-state index contributed by atoms with van der Waals surface area (Å²) in [5.41, 5.74) is 8.65. The van der Waals surface area contributed by atoms with Crippen molar-refractivity contribution in [2.75, 3.05) is 26.3 Å². The normalized spacial score (nSPS) is 31.3. The Bertz CT molecular complexity index is 359. The maximum atomic E-state index is 6.10. The van der Waals surface area contributed by atoms with E-state index in [1.54, 1.807) is 0 Å². The summed E-state index contributed by atoms with van der Waals surface area (Å²) in [5.74, 6) is 0. The van der Waals surface area contributed by atoms with E-state index in [9.17, 15) is 0 Å². The molecule has 0 radical (unpaired) electrons. The zero-order valence-electron chi connectivity index (χ0n) is 9.35. The highest BCUT2D eigenvalue weighted by Crippen LogP contribution is 2.32. The summed E-state index contributed by atoms with van der Waals surface area (Å²) in [6.45, 7) is 3.67. The SMILES string of the molecule is NC1Cc2[nH]ncc2C(N2CCOCC2)C1. The lowest BCUT2D eigenvalue weighted by Crippen LogP contribution is -2.43. The molecule has 0 bridgehead atoms. The molecule has 2 aliphatic rings. The van der Waals surface area contributed by atoms with E-state index in [2.05, 4.69) is 15.1 Å². The number of aromatic amines is 1. The van der Waals surface area contributed by atoms with Crippen molar-refractivity contribution in [3.63, 3.8) is 0 Å². The summed E-state index contributed by atoms with van der Waals surface area (Å²) in [6, 6.07) is 0.683. The molecule has 88 valence electrons. The van der Waals surface area contributed by atoms with Crippen LogP contribution in [0.5, 0.6) is 0 Å². The van der Waals surface area contributed by atoms with E-state index in [4.69, 9.17) is 10.5 Å². The van der Waals surface area contributed by atoms with Gasteiger partial charge in [-0.25, -0.2) is 0 Å². The molecule has 1 fully saturated rings. The number of fused-ring (bicyclic) bond motifs is 1. The molecule has 2 heterocycles. The minimum absolute atomic E-state index is 0.251. The largest absolute Gasteiger partial charge is 0.379 e. The molecular weight excluding hydrogens is 204 g/mol. The Balaban J connectivity index is 1.84. The van der Waals surface area contributed by atoms with Crippen LogP contribution in [0.4, 0.5) is 0 Å². The van der Waals surface area contributed by atoms with Crippen LogP contribution < -0.4 is 5.73 Å². The lowest BCUT2D eigenvalue weighted by Gasteiger charge is -2.38. The smallest absolute Gasteiger partial charge is 0.0594 e. The number of nitrogens with two attached hydrogens (primary N) is 1. The number of rotatable bonds is 1. The number of H-pyrrole nitrogens is 1. The maximum absolute atomic E-state index is 6.10. The number of nitrogens with zero attached hydrogens (tertiary/aromatic N) is 2. The lowest BCUT2D eigenvalue weighted by molar-refractivity contribution is 0.0111. The first kappa shape index (κ1) is 10.3. The summed E-state index contributed by atoms with van der Waals surface area (Å²) in [5, 5.41) is 7.21. The molecule has 1 saturated heterocycles. The first-order valence-electron chi connectivity index (χ1n) is 5.94. The van der Waals surface area contributed by atoms with Crippen molar-refractivity contribution in [1.29, 1.82) is 0 Å². The van der Waals surface area contributed by atoms with E-state index in [0.717, 1.165) is 39.1 Å². The molecule has 1 aliphatic carbocycles. The van der Waals surface area contributed by atoms with Gasteiger partial charge in [0.05, 0.1) is 19.4 Å². The minimum Gasteiger partial charge on any atom is -0.379 e. The second-order valence-corrected chi connectivity index (χ2v) is 4.67. The van der Waals surface area contributed by atoms with Crippen molar-refractivity contribution in [2.24, 2.45) is 5.73 Å². The van der Waals surface area contributed by atoms with E-state index in [0.29, 0.717) is 6.04 Å². The Morgan fingerprint density at radius 3 is 3.06 bits per heavy atom. The first-order valence-corrected chi connectivity index (χ1v) is 5.94. The van der Waals surface area contributed by atoms with Crippen molar-refractivity contribution in [2.45, 2.75) is 24.9 Å². The molecular formula is C11H18N4O. The second-order valence-electron chi connectivity index (χ2n) is 4.67. The summed E-state index contributed by atoms with van der Waals surface area (Å²) in [7, 11) is 0. The third kappa shape index (κ3) is 1.75. The number of hydrogen-bond acceptors (Lipinski definition) is 4. The summed E-state index contributed by atoms with van der Waals surface area (Å²) < 4.78 is 5.39. The van der Waals surface area contributed by atoms with Gasteiger partial charge in [-0.3, -0.25) is 10.00 Å². The molecule has 3 rings (SSSR count). The fraction of sp³-hybridized carbons (Fsp3) is 0.727. The van der Waals surface area contributed by atoms with Gasteiger partial charge in [0.25, 0.3) is 0 Å². The number of nitrogens with one attached hydrogen (secondary N) is 1. The highest BCUT2D eigenvalue weighted by atomic mass is 16.5. The molecule has 0 spiro atoms. The van der Waals surface area contributed by atoms with E-state index in [1.165, 1.54) is 11.3 Å². The second kappa shape index (κ2) is 4.16. The molecule has 5 nitrogen and oxygen atoms in total. The van der Waals surface area contributed by atoms with Gasteiger partial charge in [0.1, 0.15) is 0 Å². The van der Waals surface area contributed by atoms with Gasteiger partial charge in [-0.15, -0.1) is 0 Å². The van der Waals surface area contributed by atoms with Crippen LogP contribution in [0, 0.1) is 0 Å². The lowest BCUT2D eigenvalue weighted by atomic mass is 9.88. The van der Waals surface area contributed by atoms with Crippen molar-refractivity contribution in [3.8, 4) is 0 Å². The Labute approximate surface area is 94.9 Å². The zero-order valence-corrected chi connectivity index (χ0v) is 9.35. The topological polar surface area (TPSA) is 67.2 Å². The predicted molar refractivity (Wildman–Crippen MR) is 60.0 cm³/mol. The summed E-state index contributed by atoms with van der Waals surface area (Å²) in [4.78, 5) is 2.47. The molecule has 3 N–H and O–H groups in total. The van der Waals surface area contributed by atoms with Crippen LogP contribution in [0.15, 0.2) is 6.20 Å². The molecule has 1 aromatic heterocycles. The molecule has 5 heteroatoms. The molecule has 2 unspecified atom stereocenters. The van der Waals surface area contributed by atoms with Crippen molar-refractivity contribution < 1.29 is 4.74 Å². The van der Waals surface area contributed by atoms with Gasteiger partial charge in [0.2, 0.25) is 0 Å². The fourth-order valence-electron chi connectivity index (χ4n) is 2.77. The predicted octanol–water partition coefficient (Wildman–Crippen LogP) is 0.0565. The van der Waals surface area contributed by atoms with Crippen LogP contribution in [0.25, 0.3) is 0 Å². The Morgan fingerprint density at radius 1 is 1.44 bits per heavy atom. The molecule has 1 aliphatic heterocycles. The van der Waals surface area contributed by atoms with Crippen LogP contribution in [0.1, 0.15) is 23.7 Å². The molecule has 0 saturated carbocycles. The van der Waals surface area contributed by atoms with Crippen LogP contribution in [0.3, 0.4) is 0 Å². The molecule has 0 amide bonds. The minimum atomic E-state index is 0.251. The van der Waals surface area contributed by atoms with Gasteiger partial charge in [-0.2, -0.15) is 5.10 Å². The maximum Gasteiger partial charge on any atom is 0.0594 e. The van der Waals surface area contributed by atoms with Crippen LogP contribution >= 0.6 is 0 Å². The molecule has 0 aromatic carbocycles. The highest BCUT2D eigenvalue weighted by molar-refractivity contribution is 5.25. The van der Waals surface area contributed by atoms with E-state index in [1.807, 2.05) is 6.20 Å². The summed E-state index contributed by atoms with van der Waals surface area (Å²) in [6.07, 6.45) is 3.92. The van der Waals surface area contributed by atoms with Gasteiger partial charge in [-0.1, -0.05) is 0 Å². The van der Waals surface area contributed by atoms with E-state index < -0.39 is 0 Å². The van der Waals surface area contributed by atoms with Crippen molar-refractivity contribution in [1.82, 2.24) is 15.1 Å². The van der Waals surface area contributed by atoms with Gasteiger partial charge in [0, 0.05) is 42.9 Å². The van der Waals surface area contributed by atoms with Crippen LogP contribution in [0.2, 0.25) is 0 Å². The van der Waals surface area contributed by atoms with Gasteiger partial charge >= 0.3 is 0 Å². The number of hydrogen-bond donors (Lipinski definition) is 2. The van der Waals surface area contributed by atoms with Crippen LogP contribution in [-0.2, 0) is 11.2 Å². The Hall–Kier alpha value is -0.910. The van der Waals surface area contributed by atoms with E-state index in [-0.39, 0.29) is 6.04 Å². The van der Waals surface area contributed by atoms with E-state index >= 15 is 0 Å². The van der Waals surface area contributed by atoms with Gasteiger partial charge in [0.15, 0.2) is 0 Å². The van der Waals surface area contributed by atoms with Crippen molar-refractivity contribution >= 4 is 0 Å². The third-order valence-corrected chi connectivity index (χ3v) is 3.59. The first-order chi connectivity index (χ1) is 7.84. The average molecular weight is 222 g/mol. The summed E-state index contributed by atoms with van der Waals surface area (Å²) >= 11 is 0. The van der Waals surface area contributed by atoms with Crippen LogP contribution in [-0.4, -0.2) is 47.4 Å². The number of aromatic nitrogens is 2. The average Bonchev–Trinajstić information content (AvgIpc) is 2.77.